The van der Waals surface area contributed by atoms with E-state index in [4.69, 9.17) is 4.74 Å². The van der Waals surface area contributed by atoms with Gasteiger partial charge in [0.25, 0.3) is 0 Å². The number of nitrogens with zero attached hydrogens (tertiary/aromatic N) is 4. The third-order valence-electron chi connectivity index (χ3n) is 8.51. The lowest BCUT2D eigenvalue weighted by Gasteiger charge is -2.34. The number of aromatic nitrogens is 4. The van der Waals surface area contributed by atoms with Crippen LogP contribution in [0.5, 0.6) is 5.75 Å². The van der Waals surface area contributed by atoms with E-state index in [0.717, 1.165) is 72.5 Å². The molecule has 8 nitrogen and oxygen atoms in total. The molecular weight excluding hydrogens is 555 g/mol. The Morgan fingerprint density at radius 2 is 1.73 bits per heavy atom. The van der Waals surface area contributed by atoms with Crippen molar-refractivity contribution in [1.29, 1.82) is 0 Å². The number of ether oxygens (including phenoxy) is 1. The van der Waals surface area contributed by atoms with Crippen LogP contribution < -0.4 is 4.74 Å². The van der Waals surface area contributed by atoms with Crippen LogP contribution in [0.4, 0.5) is 13.2 Å². The molecule has 1 aliphatic heterocycles. The number of piperidine rings is 1. The van der Waals surface area contributed by atoms with Crippen LogP contribution in [0.1, 0.15) is 55.6 Å². The van der Waals surface area contributed by atoms with Crippen LogP contribution in [0.3, 0.4) is 0 Å². The Morgan fingerprint density at radius 3 is 2.49 bits per heavy atom. The fraction of sp³-hybridized carbons (Fsp3) is 0.483. The van der Waals surface area contributed by atoms with E-state index in [1.165, 1.54) is 17.7 Å². The zero-order valence-corrected chi connectivity index (χ0v) is 23.3. The summed E-state index contributed by atoms with van der Waals surface area (Å²) in [6, 6.07) is 4.60. The Labute approximate surface area is 236 Å². The summed E-state index contributed by atoms with van der Waals surface area (Å²) in [6.45, 7) is 1.13. The first-order valence-electron chi connectivity index (χ1n) is 14.0. The van der Waals surface area contributed by atoms with Gasteiger partial charge in [-0.3, -0.25) is 5.10 Å². The van der Waals surface area contributed by atoms with Crippen LogP contribution in [-0.4, -0.2) is 58.3 Å². The second-order valence-corrected chi connectivity index (χ2v) is 13.3. The number of sulfonamides is 1. The molecular formula is C29H32F3N5O3S. The molecule has 1 saturated carbocycles. The summed E-state index contributed by atoms with van der Waals surface area (Å²) in [5.74, 6) is 0.881. The van der Waals surface area contributed by atoms with Crippen molar-refractivity contribution < 1.29 is 26.3 Å². The average Bonchev–Trinajstić information content (AvgIpc) is 3.41. The molecule has 0 radical (unpaired) electrons. The van der Waals surface area contributed by atoms with Gasteiger partial charge in [-0.05, 0) is 80.2 Å². The van der Waals surface area contributed by atoms with E-state index < -0.39 is 21.8 Å². The molecule has 41 heavy (non-hydrogen) atoms. The monoisotopic (exact) mass is 587 g/mol. The van der Waals surface area contributed by atoms with E-state index in [0.29, 0.717) is 24.8 Å². The first kappa shape index (κ1) is 27.9. The molecule has 0 spiro atoms. The van der Waals surface area contributed by atoms with Crippen LogP contribution in [0, 0.1) is 11.8 Å². The number of hydrogen-bond donors (Lipinski definition) is 1. The molecule has 1 saturated heterocycles. The van der Waals surface area contributed by atoms with Gasteiger partial charge in [0.1, 0.15) is 5.75 Å². The van der Waals surface area contributed by atoms with Gasteiger partial charge in [0.05, 0.1) is 24.1 Å². The topological polar surface area (TPSA) is 101 Å². The number of rotatable bonds is 7. The lowest BCUT2D eigenvalue weighted by molar-refractivity contribution is -0.137. The summed E-state index contributed by atoms with van der Waals surface area (Å²) in [5.41, 5.74) is 1.17. The van der Waals surface area contributed by atoms with Gasteiger partial charge in [-0.2, -0.15) is 18.3 Å². The molecule has 6 rings (SSSR count). The predicted molar refractivity (Wildman–Crippen MR) is 149 cm³/mol. The molecule has 0 amide bonds. The van der Waals surface area contributed by atoms with Crippen molar-refractivity contribution in [1.82, 2.24) is 24.5 Å². The maximum Gasteiger partial charge on any atom is 0.416 e. The number of hydrogen-bond acceptors (Lipinski definition) is 6. The lowest BCUT2D eigenvalue weighted by atomic mass is 9.79. The summed E-state index contributed by atoms with van der Waals surface area (Å²) < 4.78 is 72.5. The smallest absolute Gasteiger partial charge is 0.416 e. The zero-order chi connectivity index (χ0) is 28.6. The number of alkyl halides is 3. The molecule has 1 N–H and O–H groups in total. The summed E-state index contributed by atoms with van der Waals surface area (Å²) in [4.78, 5) is 9.02. The Bertz CT molecular complexity index is 1620. The zero-order valence-electron chi connectivity index (χ0n) is 22.5. The van der Waals surface area contributed by atoms with Crippen molar-refractivity contribution in [3.05, 3.63) is 60.2 Å². The highest BCUT2D eigenvalue weighted by Gasteiger charge is 2.34. The van der Waals surface area contributed by atoms with E-state index in [1.54, 1.807) is 16.7 Å². The van der Waals surface area contributed by atoms with Crippen LogP contribution in [-0.2, 0) is 16.2 Å². The molecule has 0 bridgehead atoms. The molecule has 218 valence electrons. The fourth-order valence-electron chi connectivity index (χ4n) is 6.30. The third kappa shape index (κ3) is 6.04. The Balaban J connectivity index is 1.04. The summed E-state index contributed by atoms with van der Waals surface area (Å²) >= 11 is 0. The van der Waals surface area contributed by atoms with E-state index in [-0.39, 0.29) is 24.2 Å². The molecule has 3 aromatic heterocycles. The normalized spacial score (nSPS) is 22.8. The number of pyridine rings is 1. The molecule has 12 heteroatoms. The second kappa shape index (κ2) is 11.2. The lowest BCUT2D eigenvalue weighted by Crippen LogP contribution is -2.43. The number of nitrogens with one attached hydrogen (secondary N) is 1. The molecule has 2 aliphatic rings. The minimum Gasteiger partial charge on any atom is -0.493 e. The van der Waals surface area contributed by atoms with Gasteiger partial charge >= 0.3 is 6.18 Å². The summed E-state index contributed by atoms with van der Waals surface area (Å²) in [6.07, 6.45) is 7.95. The molecule has 1 unspecified atom stereocenters. The molecule has 4 heterocycles. The largest absolute Gasteiger partial charge is 0.493 e. The van der Waals surface area contributed by atoms with Crippen molar-refractivity contribution in [2.75, 3.05) is 25.4 Å². The van der Waals surface area contributed by atoms with Crippen molar-refractivity contribution in [3.8, 4) is 5.75 Å². The van der Waals surface area contributed by atoms with Crippen molar-refractivity contribution >= 4 is 31.8 Å². The molecule has 1 atom stereocenters. The number of H-pyrrole nitrogens is 1. The first-order chi connectivity index (χ1) is 19.7. The quantitative estimate of drug-likeness (QED) is 0.288. The highest BCUT2D eigenvalue weighted by Crippen LogP contribution is 2.41. The van der Waals surface area contributed by atoms with E-state index in [2.05, 4.69) is 20.2 Å². The van der Waals surface area contributed by atoms with E-state index >= 15 is 0 Å². The van der Waals surface area contributed by atoms with Crippen molar-refractivity contribution in [2.24, 2.45) is 11.8 Å². The van der Waals surface area contributed by atoms with Gasteiger partial charge in [0.2, 0.25) is 10.0 Å². The van der Waals surface area contributed by atoms with Gasteiger partial charge < -0.3 is 4.74 Å². The van der Waals surface area contributed by atoms with Crippen LogP contribution in [0.15, 0.2) is 49.1 Å². The first-order valence-corrected chi connectivity index (χ1v) is 15.6. The predicted octanol–water partition coefficient (Wildman–Crippen LogP) is 5.92. The van der Waals surface area contributed by atoms with Gasteiger partial charge in [-0.25, -0.2) is 22.7 Å². The van der Waals surface area contributed by atoms with Gasteiger partial charge in [0.15, 0.2) is 5.65 Å². The van der Waals surface area contributed by atoms with Gasteiger partial charge in [0, 0.05) is 53.8 Å². The fourth-order valence-corrected chi connectivity index (χ4v) is 8.28. The number of halogens is 3. The van der Waals surface area contributed by atoms with Gasteiger partial charge in [-0.1, -0.05) is 0 Å². The molecule has 1 aromatic carbocycles. The molecule has 1 aliphatic carbocycles. The highest BCUT2D eigenvalue weighted by atomic mass is 32.2. The van der Waals surface area contributed by atoms with Gasteiger partial charge in [-0.15, -0.1) is 0 Å². The van der Waals surface area contributed by atoms with Crippen molar-refractivity contribution in [2.45, 2.75) is 50.6 Å². The average molecular weight is 588 g/mol. The van der Waals surface area contributed by atoms with Crippen molar-refractivity contribution in [3.63, 3.8) is 0 Å². The van der Waals surface area contributed by atoms with Crippen LogP contribution in [0.2, 0.25) is 0 Å². The maximum atomic E-state index is 13.4. The molecule has 4 aromatic rings. The molecule has 2 fully saturated rings. The number of benzene rings is 1. The van der Waals surface area contributed by atoms with E-state index in [9.17, 15) is 21.6 Å². The van der Waals surface area contributed by atoms with E-state index in [1.807, 2.05) is 12.4 Å². The second-order valence-electron chi connectivity index (χ2n) is 11.3. The summed E-state index contributed by atoms with van der Waals surface area (Å²) in [7, 11) is -3.44. The Hall–Kier alpha value is -3.25. The maximum absolute atomic E-state index is 13.4. The number of aromatic amines is 1. The minimum atomic E-state index is -4.39. The minimum absolute atomic E-state index is 0.00875. The summed E-state index contributed by atoms with van der Waals surface area (Å²) in [5, 5.41) is 10.0. The Kier molecular flexibility index (Phi) is 7.62. The SMILES string of the molecule is O=S(=O)(CC1CCC(c2cnc3ncc4cn[nH]cc4c23)CC1)N1CCCC(COc2ccc(C(F)(F)F)cc2)C1. The third-order valence-corrected chi connectivity index (χ3v) is 10.5. The van der Waals surface area contributed by atoms with Crippen LogP contribution in [0.25, 0.3) is 21.8 Å². The Morgan fingerprint density at radius 1 is 0.976 bits per heavy atom. The highest BCUT2D eigenvalue weighted by molar-refractivity contribution is 7.89. The standard InChI is InChI=1S/C29H32F3N5O3S/c30-29(31,32)23-7-9-24(10-8-23)40-17-20-2-1-11-37(16-20)41(38,39)18-19-3-5-21(6-4-19)25-14-34-28-27(25)26-15-36-35-13-22(26)12-33-28/h7-10,12-15,19-21,36H,1-6,11,16-18H2. The number of fused-ring (bicyclic) bond motifs is 3. The van der Waals surface area contributed by atoms with Crippen LogP contribution >= 0.6 is 0 Å².